The highest BCUT2D eigenvalue weighted by atomic mass is 16.1. The van der Waals surface area contributed by atoms with Crippen molar-refractivity contribution in [3.05, 3.63) is 23.5 Å². The summed E-state index contributed by atoms with van der Waals surface area (Å²) >= 11 is 0. The quantitative estimate of drug-likeness (QED) is 0.887. The highest BCUT2D eigenvalue weighted by molar-refractivity contribution is 5.99. The second-order valence-corrected chi connectivity index (χ2v) is 7.20. The van der Waals surface area contributed by atoms with E-state index in [9.17, 15) is 4.79 Å². The molecule has 20 heavy (non-hydrogen) atoms. The summed E-state index contributed by atoms with van der Waals surface area (Å²) in [5, 5.41) is 6.15. The Morgan fingerprint density at radius 1 is 1.25 bits per heavy atom. The second-order valence-electron chi connectivity index (χ2n) is 7.20. The normalized spacial score (nSPS) is 12.2. The number of carbonyl (C=O) groups excluding carboxylic acids is 1. The van der Waals surface area contributed by atoms with E-state index in [1.165, 1.54) is 0 Å². The number of anilines is 1. The fraction of sp³-hybridized carbons (Fsp3) is 0.625. The minimum atomic E-state index is -0.259. The molecule has 0 fully saturated rings. The molecule has 0 radical (unpaired) electrons. The second kappa shape index (κ2) is 5.81. The van der Waals surface area contributed by atoms with Crippen LogP contribution in [0.3, 0.4) is 0 Å². The molecule has 0 spiro atoms. The van der Waals surface area contributed by atoms with Crippen LogP contribution in [0.2, 0.25) is 0 Å². The van der Waals surface area contributed by atoms with E-state index >= 15 is 0 Å². The third-order valence-electron chi connectivity index (χ3n) is 2.98. The Kier molecular flexibility index (Phi) is 4.79. The Bertz CT molecular complexity index is 487. The summed E-state index contributed by atoms with van der Waals surface area (Å²) in [6.45, 7) is 12.5. The molecular formula is C16H27N3O. The average molecular weight is 277 g/mol. The number of rotatable bonds is 4. The van der Waals surface area contributed by atoms with Crippen molar-refractivity contribution in [1.29, 1.82) is 0 Å². The molecule has 4 nitrogen and oxygen atoms in total. The first-order valence-electron chi connectivity index (χ1n) is 7.01. The molecule has 1 heterocycles. The molecular weight excluding hydrogens is 250 g/mol. The smallest absolute Gasteiger partial charge is 0.255 e. The van der Waals surface area contributed by atoms with Gasteiger partial charge in [-0.05, 0) is 38.7 Å². The Morgan fingerprint density at radius 3 is 2.35 bits per heavy atom. The Balaban J connectivity index is 2.91. The molecule has 4 heteroatoms. The zero-order valence-electron chi connectivity index (χ0n) is 13.7. The van der Waals surface area contributed by atoms with Gasteiger partial charge >= 0.3 is 0 Å². The largest absolute Gasteiger partial charge is 0.387 e. The van der Waals surface area contributed by atoms with E-state index in [1.807, 2.05) is 20.0 Å². The van der Waals surface area contributed by atoms with E-state index in [1.54, 1.807) is 6.20 Å². The van der Waals surface area contributed by atoms with Gasteiger partial charge in [0.2, 0.25) is 0 Å². The summed E-state index contributed by atoms with van der Waals surface area (Å²) < 4.78 is 0. The van der Waals surface area contributed by atoms with Crippen LogP contribution in [0.1, 0.15) is 57.1 Å². The summed E-state index contributed by atoms with van der Waals surface area (Å²) in [7, 11) is 1.81. The first kappa shape index (κ1) is 16.5. The average Bonchev–Trinajstić information content (AvgIpc) is 2.24. The molecule has 0 atom stereocenters. The summed E-state index contributed by atoms with van der Waals surface area (Å²) in [5.74, 6) is -0.0869. The van der Waals surface area contributed by atoms with Gasteiger partial charge in [0.25, 0.3) is 5.91 Å². The van der Waals surface area contributed by atoms with Gasteiger partial charge < -0.3 is 10.6 Å². The fourth-order valence-electron chi connectivity index (χ4n) is 2.69. The highest BCUT2D eigenvalue weighted by Gasteiger charge is 2.28. The van der Waals surface area contributed by atoms with Crippen LogP contribution in [0.4, 0.5) is 5.69 Å². The molecule has 0 saturated carbocycles. The van der Waals surface area contributed by atoms with Gasteiger partial charge in [-0.3, -0.25) is 9.78 Å². The summed E-state index contributed by atoms with van der Waals surface area (Å²) in [6, 6.07) is 1.88. The van der Waals surface area contributed by atoms with Gasteiger partial charge in [0.15, 0.2) is 0 Å². The summed E-state index contributed by atoms with van der Waals surface area (Å²) in [4.78, 5) is 16.7. The minimum absolute atomic E-state index is 0.0869. The van der Waals surface area contributed by atoms with Gasteiger partial charge in [-0.2, -0.15) is 0 Å². The maximum atomic E-state index is 12.4. The number of amides is 1. The van der Waals surface area contributed by atoms with E-state index < -0.39 is 0 Å². The molecule has 1 aromatic rings. The monoisotopic (exact) mass is 277 g/mol. The van der Waals surface area contributed by atoms with Crippen molar-refractivity contribution in [1.82, 2.24) is 10.3 Å². The molecule has 0 unspecified atom stereocenters. The highest BCUT2D eigenvalue weighted by Crippen LogP contribution is 2.27. The predicted octanol–water partition coefficient (Wildman–Crippen LogP) is 3.38. The van der Waals surface area contributed by atoms with Gasteiger partial charge in [0.1, 0.15) is 0 Å². The molecule has 1 amide bonds. The molecule has 1 rings (SSSR count). The summed E-state index contributed by atoms with van der Waals surface area (Å²) in [6.07, 6.45) is 2.53. The number of hydrogen-bond donors (Lipinski definition) is 2. The molecule has 0 bridgehead atoms. The number of hydrogen-bond acceptors (Lipinski definition) is 3. The lowest BCUT2D eigenvalue weighted by molar-refractivity contribution is 0.0892. The maximum Gasteiger partial charge on any atom is 0.255 e. The van der Waals surface area contributed by atoms with Crippen LogP contribution in [0.15, 0.2) is 12.3 Å². The number of carbonyl (C=O) groups is 1. The van der Waals surface area contributed by atoms with Gasteiger partial charge in [-0.15, -0.1) is 0 Å². The van der Waals surface area contributed by atoms with Crippen LogP contribution in [0, 0.1) is 12.3 Å². The van der Waals surface area contributed by atoms with Crippen molar-refractivity contribution in [3.63, 3.8) is 0 Å². The van der Waals surface area contributed by atoms with Crippen molar-refractivity contribution in [2.24, 2.45) is 5.41 Å². The lowest BCUT2D eigenvalue weighted by Gasteiger charge is -2.33. The molecule has 2 N–H and O–H groups in total. The number of aromatic nitrogens is 1. The molecule has 0 aliphatic carbocycles. The Hall–Kier alpha value is -1.58. The number of nitrogens with one attached hydrogen (secondary N) is 2. The lowest BCUT2D eigenvalue weighted by atomic mass is 9.81. The molecule has 112 valence electrons. The van der Waals surface area contributed by atoms with Gasteiger partial charge in [-0.1, -0.05) is 20.8 Å². The van der Waals surface area contributed by atoms with Crippen LogP contribution < -0.4 is 10.6 Å². The van der Waals surface area contributed by atoms with Gasteiger partial charge in [-0.25, -0.2) is 0 Å². The fourth-order valence-corrected chi connectivity index (χ4v) is 2.69. The van der Waals surface area contributed by atoms with Crippen molar-refractivity contribution in [3.8, 4) is 0 Å². The minimum Gasteiger partial charge on any atom is -0.387 e. The van der Waals surface area contributed by atoms with Crippen molar-refractivity contribution in [2.45, 2.75) is 53.5 Å². The van der Waals surface area contributed by atoms with Crippen LogP contribution in [0.5, 0.6) is 0 Å². The standard InChI is InChI=1S/C16H27N3O/c1-11-8-13(17-7)12(9-18-11)14(20)19-16(5,6)10-15(2,3)4/h8-9H,10H2,1-7H3,(H,17,18)(H,19,20). The molecule has 0 aromatic carbocycles. The zero-order chi connectivity index (χ0) is 15.6. The van der Waals surface area contributed by atoms with Crippen LogP contribution in [-0.4, -0.2) is 23.5 Å². The molecule has 1 aromatic heterocycles. The predicted molar refractivity (Wildman–Crippen MR) is 84.1 cm³/mol. The first-order chi connectivity index (χ1) is 9.04. The van der Waals surface area contributed by atoms with Gasteiger partial charge in [0, 0.05) is 24.5 Å². The van der Waals surface area contributed by atoms with Crippen LogP contribution in [0.25, 0.3) is 0 Å². The van der Waals surface area contributed by atoms with E-state index in [2.05, 4.69) is 50.2 Å². The zero-order valence-corrected chi connectivity index (χ0v) is 13.7. The Labute approximate surface area is 122 Å². The molecule has 0 aliphatic rings. The SMILES string of the molecule is CNc1cc(C)ncc1C(=O)NC(C)(C)CC(C)(C)C. The summed E-state index contributed by atoms with van der Waals surface area (Å²) in [5.41, 5.74) is 2.18. The molecule has 0 saturated heterocycles. The third-order valence-corrected chi connectivity index (χ3v) is 2.98. The van der Waals surface area contributed by atoms with Crippen molar-refractivity contribution in [2.75, 3.05) is 12.4 Å². The van der Waals surface area contributed by atoms with Crippen molar-refractivity contribution >= 4 is 11.6 Å². The van der Waals surface area contributed by atoms with E-state index in [0.29, 0.717) is 5.56 Å². The van der Waals surface area contributed by atoms with E-state index in [4.69, 9.17) is 0 Å². The maximum absolute atomic E-state index is 12.4. The number of nitrogens with zero attached hydrogens (tertiary/aromatic N) is 1. The van der Waals surface area contributed by atoms with E-state index in [0.717, 1.165) is 17.8 Å². The number of pyridine rings is 1. The Morgan fingerprint density at radius 2 is 1.85 bits per heavy atom. The third kappa shape index (κ3) is 4.83. The lowest BCUT2D eigenvalue weighted by Crippen LogP contribution is -2.46. The molecule has 0 aliphatic heterocycles. The van der Waals surface area contributed by atoms with Crippen LogP contribution in [-0.2, 0) is 0 Å². The topological polar surface area (TPSA) is 54.0 Å². The number of aryl methyl sites for hydroxylation is 1. The van der Waals surface area contributed by atoms with Crippen LogP contribution >= 0.6 is 0 Å². The van der Waals surface area contributed by atoms with E-state index in [-0.39, 0.29) is 16.9 Å². The van der Waals surface area contributed by atoms with Gasteiger partial charge in [0.05, 0.1) is 11.3 Å². The first-order valence-corrected chi connectivity index (χ1v) is 7.01. The van der Waals surface area contributed by atoms with Crippen molar-refractivity contribution < 1.29 is 4.79 Å².